The second-order valence-corrected chi connectivity index (χ2v) is 7.31. The van der Waals surface area contributed by atoms with E-state index in [2.05, 4.69) is 4.99 Å². The highest BCUT2D eigenvalue weighted by Crippen LogP contribution is 2.46. The Morgan fingerprint density at radius 1 is 1.12 bits per heavy atom. The molecule has 10 heteroatoms. The van der Waals surface area contributed by atoms with Crippen molar-refractivity contribution < 1.29 is 22.5 Å². The number of aliphatic imine (C=N–C) groups is 1. The fourth-order valence-corrected chi connectivity index (χ4v) is 4.05. The van der Waals surface area contributed by atoms with Crippen molar-refractivity contribution in [3.63, 3.8) is 0 Å². The molecule has 5 nitrogen and oxygen atoms in total. The summed E-state index contributed by atoms with van der Waals surface area (Å²) in [5, 5.41) is 13.0. The van der Waals surface area contributed by atoms with Crippen LogP contribution in [0, 0.1) is 15.9 Å². The van der Waals surface area contributed by atoms with Gasteiger partial charge in [0.1, 0.15) is 11.0 Å². The van der Waals surface area contributed by atoms with Crippen molar-refractivity contribution in [1.82, 2.24) is 0 Å². The number of hydrogen-bond donors (Lipinski definition) is 2. The Kier molecular flexibility index (Phi) is 4.45. The van der Waals surface area contributed by atoms with Crippen molar-refractivity contribution in [2.75, 3.05) is 0 Å². The molecule has 0 radical (unpaired) electrons. The fourth-order valence-electron chi connectivity index (χ4n) is 2.57. The van der Waals surface area contributed by atoms with Crippen LogP contribution in [0.1, 0.15) is 5.56 Å². The molecule has 2 N–H and O–H groups in total. The van der Waals surface area contributed by atoms with E-state index in [1.165, 1.54) is 12.3 Å². The number of nitrogens with two attached hydrogens (primary N) is 1. The highest BCUT2D eigenvalue weighted by molar-refractivity contribution is 8.32. The lowest BCUT2D eigenvalue weighted by Gasteiger charge is -2.19. The van der Waals surface area contributed by atoms with E-state index in [0.29, 0.717) is 4.90 Å². The first-order valence-electron chi connectivity index (χ1n) is 7.13. The molecule has 0 bridgehead atoms. The van der Waals surface area contributed by atoms with Crippen LogP contribution in [0.3, 0.4) is 0 Å². The lowest BCUT2D eigenvalue weighted by molar-refractivity contribution is -0.384. The molecule has 0 saturated heterocycles. The third-order valence-corrected chi connectivity index (χ3v) is 5.58. The first-order chi connectivity index (χ1) is 12.2. The van der Waals surface area contributed by atoms with Crippen molar-refractivity contribution >= 4 is 21.8 Å². The van der Waals surface area contributed by atoms with Gasteiger partial charge in [0.25, 0.3) is 5.69 Å². The van der Waals surface area contributed by atoms with Gasteiger partial charge in [0, 0.05) is 17.8 Å². The molecule has 0 aliphatic carbocycles. The van der Waals surface area contributed by atoms with Gasteiger partial charge in [0.2, 0.25) is 0 Å². The number of rotatable bonds is 3. The molecule has 2 aromatic rings. The molecule has 0 amide bonds. The zero-order valence-corrected chi connectivity index (χ0v) is 13.8. The molecule has 0 spiro atoms. The normalized spacial score (nSPS) is 18.0. The number of nitro groups is 1. The summed E-state index contributed by atoms with van der Waals surface area (Å²) in [6, 6.07) is 5.76. The van der Waals surface area contributed by atoms with Crippen LogP contribution >= 0.6 is 10.9 Å². The summed E-state index contributed by atoms with van der Waals surface area (Å²) < 4.78 is 54.3. The molecule has 0 aromatic heterocycles. The topological polar surface area (TPSA) is 81.5 Å². The quantitative estimate of drug-likeness (QED) is 0.351. The first kappa shape index (κ1) is 17.9. The number of hydrogen-bond acceptors (Lipinski definition) is 4. The summed E-state index contributed by atoms with van der Waals surface area (Å²) in [4.78, 5) is 14.4. The number of amidine groups is 1. The summed E-state index contributed by atoms with van der Waals surface area (Å²) >= 11 is 0. The number of thiol groups is 1. The highest BCUT2D eigenvalue weighted by atomic mass is 32.2. The summed E-state index contributed by atoms with van der Waals surface area (Å²) in [6.45, 7) is 0. The van der Waals surface area contributed by atoms with Gasteiger partial charge in [-0.3, -0.25) is 10.1 Å². The highest BCUT2D eigenvalue weighted by Gasteiger charge is 2.36. The number of halogens is 4. The van der Waals surface area contributed by atoms with Gasteiger partial charge in [-0.1, -0.05) is 6.07 Å². The van der Waals surface area contributed by atoms with Crippen LogP contribution in [-0.4, -0.2) is 10.1 Å². The summed E-state index contributed by atoms with van der Waals surface area (Å²) in [5.74, 6) is -0.873. The maximum absolute atomic E-state index is 13.6. The molecule has 3 rings (SSSR count). The van der Waals surface area contributed by atoms with Crippen molar-refractivity contribution in [2.24, 2.45) is 10.7 Å². The molecule has 1 atom stereocenters. The van der Waals surface area contributed by atoms with Gasteiger partial charge in [-0.25, -0.2) is 9.38 Å². The molecule has 1 unspecified atom stereocenters. The molecular weight excluding hydrogens is 374 g/mol. The average Bonchev–Trinajstić information content (AvgIpc) is 2.99. The van der Waals surface area contributed by atoms with Crippen LogP contribution in [0.5, 0.6) is 0 Å². The number of nitrogens with zero attached hydrogens (tertiary/aromatic N) is 2. The van der Waals surface area contributed by atoms with Crippen molar-refractivity contribution in [1.29, 1.82) is 0 Å². The van der Waals surface area contributed by atoms with Crippen LogP contribution in [0.15, 0.2) is 57.9 Å². The van der Waals surface area contributed by atoms with Crippen LogP contribution in [0.4, 0.5) is 23.2 Å². The van der Waals surface area contributed by atoms with E-state index in [4.69, 9.17) is 5.73 Å². The molecular formula is C16H11F4N3O2S. The molecule has 1 aliphatic rings. The monoisotopic (exact) mass is 385 g/mol. The Labute approximate surface area is 147 Å². The number of alkyl halides is 3. The maximum atomic E-state index is 13.6. The smallest absolute Gasteiger partial charge is 0.379 e. The van der Waals surface area contributed by atoms with Crippen molar-refractivity contribution in [3.8, 4) is 11.1 Å². The van der Waals surface area contributed by atoms with Gasteiger partial charge < -0.3 is 5.73 Å². The molecule has 0 fully saturated rings. The van der Waals surface area contributed by atoms with Gasteiger partial charge in [-0.05, 0) is 34.6 Å². The van der Waals surface area contributed by atoms with E-state index in [1.54, 1.807) is 5.41 Å². The van der Waals surface area contributed by atoms with Crippen molar-refractivity contribution in [2.45, 2.75) is 11.1 Å². The summed E-state index contributed by atoms with van der Waals surface area (Å²) in [5.41, 5.74) is 3.08. The lowest BCUT2D eigenvalue weighted by atomic mass is 9.97. The van der Waals surface area contributed by atoms with Gasteiger partial charge in [-0.15, -0.1) is 10.9 Å². The molecule has 1 aliphatic heterocycles. The Hall–Kier alpha value is -2.88. The summed E-state index contributed by atoms with van der Waals surface area (Å²) in [6.07, 6.45) is -3.38. The Morgan fingerprint density at radius 3 is 2.42 bits per heavy atom. The second kappa shape index (κ2) is 6.45. The summed E-state index contributed by atoms with van der Waals surface area (Å²) in [7, 11) is -1.33. The minimum Gasteiger partial charge on any atom is -0.379 e. The van der Waals surface area contributed by atoms with Crippen LogP contribution in [0.2, 0.25) is 0 Å². The van der Waals surface area contributed by atoms with Gasteiger partial charge in [-0.2, -0.15) is 13.2 Å². The Bertz CT molecular complexity index is 957. The Morgan fingerprint density at radius 2 is 1.85 bits per heavy atom. The van der Waals surface area contributed by atoms with E-state index < -0.39 is 50.2 Å². The van der Waals surface area contributed by atoms with Gasteiger partial charge in [0.15, 0.2) is 0 Å². The average molecular weight is 385 g/mol. The molecule has 2 aromatic carbocycles. The maximum Gasteiger partial charge on any atom is 0.417 e. The third-order valence-electron chi connectivity index (χ3n) is 3.70. The second-order valence-electron chi connectivity index (χ2n) is 5.30. The zero-order valence-electron chi connectivity index (χ0n) is 12.9. The molecule has 1 heterocycles. The van der Waals surface area contributed by atoms with E-state index in [0.717, 1.165) is 30.3 Å². The zero-order chi connectivity index (χ0) is 19.1. The van der Waals surface area contributed by atoms with E-state index in [9.17, 15) is 27.7 Å². The van der Waals surface area contributed by atoms with Gasteiger partial charge >= 0.3 is 6.18 Å². The number of benzene rings is 2. The minimum atomic E-state index is -4.80. The third kappa shape index (κ3) is 3.27. The van der Waals surface area contributed by atoms with Gasteiger partial charge in [0.05, 0.1) is 16.1 Å². The predicted molar refractivity (Wildman–Crippen MR) is 91.5 cm³/mol. The van der Waals surface area contributed by atoms with E-state index in [-0.39, 0.29) is 5.17 Å². The predicted octanol–water partition coefficient (Wildman–Crippen LogP) is 4.58. The fraction of sp³-hybridized carbons (Fsp3) is 0.0625. The SMILES string of the molecule is NC1=NC=C[SH]1c1ccc(-c2cc(F)ccc2[N+](=O)[O-])c(C(F)(F)F)c1. The largest absolute Gasteiger partial charge is 0.417 e. The van der Waals surface area contributed by atoms with Crippen molar-refractivity contribution in [3.05, 3.63) is 69.5 Å². The molecule has 0 saturated carbocycles. The molecule has 136 valence electrons. The standard InChI is InChI=1S/C16H11F4N3O2S/c17-9-1-4-14(23(24)25)12(7-9)11-3-2-10(8-13(11)16(18,19)20)26-6-5-22-15(26)21/h1-8,26H,(H2,21,22). The van der Waals surface area contributed by atoms with E-state index in [1.807, 2.05) is 0 Å². The van der Waals surface area contributed by atoms with Crippen LogP contribution < -0.4 is 5.73 Å². The molecule has 26 heavy (non-hydrogen) atoms. The Balaban J connectivity index is 2.23. The first-order valence-corrected chi connectivity index (χ1v) is 8.54. The minimum absolute atomic E-state index is 0.206. The van der Waals surface area contributed by atoms with E-state index >= 15 is 0 Å². The lowest BCUT2D eigenvalue weighted by Crippen LogP contribution is -2.11. The van der Waals surface area contributed by atoms with Crippen LogP contribution in [-0.2, 0) is 6.18 Å². The number of nitro benzene ring substituents is 1. The van der Waals surface area contributed by atoms with Crippen LogP contribution in [0.25, 0.3) is 11.1 Å².